The van der Waals surface area contributed by atoms with Gasteiger partial charge in [-0.2, -0.15) is 5.26 Å². The lowest BCUT2D eigenvalue weighted by molar-refractivity contribution is -0.129. The van der Waals surface area contributed by atoms with E-state index >= 15 is 4.39 Å². The fraction of sp³-hybridized carbons (Fsp3) is 0.407. The first kappa shape index (κ1) is 25.9. The molecular weight excluding hydrogens is 511 g/mol. The number of rotatable bonds is 5. The van der Waals surface area contributed by atoms with Crippen LogP contribution in [0.5, 0.6) is 0 Å². The second kappa shape index (κ2) is 9.20. The van der Waals surface area contributed by atoms with Crippen LogP contribution in [0.2, 0.25) is 0 Å². The first-order valence-electron chi connectivity index (χ1n) is 12.1. The standard InChI is InChI=1S/C27H27FN4O5S/c1-26(2,3)37-25(35)32-12-18(13-32)22(33)30-23-27(14-29,38-23)11-17-6-5-15(9-19(17)28)16-7-8-21-20(10-16)31(4)24(34)36-21/h5-10,18,23H,11-13H2,1-4H3,(H,30,33)/t23?,27-/m0/s1. The van der Waals surface area contributed by atoms with Crippen LogP contribution in [0.4, 0.5) is 9.18 Å². The van der Waals surface area contributed by atoms with Crippen LogP contribution in [-0.4, -0.2) is 50.3 Å². The molecule has 0 spiro atoms. The molecule has 2 fully saturated rings. The normalized spacial score (nSPS) is 21.1. The van der Waals surface area contributed by atoms with Crippen molar-refractivity contribution >= 4 is 34.9 Å². The molecule has 0 aliphatic carbocycles. The number of hydrogen-bond donors (Lipinski definition) is 1. The molecule has 0 bridgehead atoms. The lowest BCUT2D eigenvalue weighted by atomic mass is 9.96. The third-order valence-corrected chi connectivity index (χ3v) is 8.09. The Morgan fingerprint density at radius 3 is 2.58 bits per heavy atom. The minimum Gasteiger partial charge on any atom is -0.444 e. The minimum atomic E-state index is -0.958. The quantitative estimate of drug-likeness (QED) is 0.491. The van der Waals surface area contributed by atoms with Gasteiger partial charge in [-0.3, -0.25) is 9.36 Å². The number of nitrogens with one attached hydrogen (secondary N) is 1. The van der Waals surface area contributed by atoms with Crippen LogP contribution >= 0.6 is 11.8 Å². The van der Waals surface area contributed by atoms with E-state index in [0.717, 1.165) is 5.56 Å². The first-order valence-corrected chi connectivity index (χ1v) is 13.0. The lowest BCUT2D eigenvalue weighted by Gasteiger charge is -2.38. The minimum absolute atomic E-state index is 0.134. The van der Waals surface area contributed by atoms with Gasteiger partial charge in [-0.05, 0) is 55.7 Å². The van der Waals surface area contributed by atoms with E-state index in [1.807, 2.05) is 0 Å². The predicted octanol–water partition coefficient (Wildman–Crippen LogP) is 3.80. The Labute approximate surface area is 222 Å². The second-order valence-corrected chi connectivity index (χ2v) is 12.1. The molecule has 3 aromatic rings. The monoisotopic (exact) mass is 538 g/mol. The summed E-state index contributed by atoms with van der Waals surface area (Å²) in [7, 11) is 1.60. The average Bonchev–Trinajstić information content (AvgIpc) is 3.40. The Morgan fingerprint density at radius 1 is 1.24 bits per heavy atom. The van der Waals surface area contributed by atoms with Crippen LogP contribution in [0.25, 0.3) is 22.2 Å². The van der Waals surface area contributed by atoms with E-state index < -0.39 is 33.4 Å². The molecule has 0 radical (unpaired) electrons. The molecule has 38 heavy (non-hydrogen) atoms. The number of aromatic nitrogens is 1. The van der Waals surface area contributed by atoms with Gasteiger partial charge >= 0.3 is 11.8 Å². The second-order valence-electron chi connectivity index (χ2n) is 10.7. The summed E-state index contributed by atoms with van der Waals surface area (Å²) in [6.07, 6.45) is -0.323. The molecule has 0 saturated carbocycles. The van der Waals surface area contributed by atoms with Gasteiger partial charge in [-0.25, -0.2) is 14.0 Å². The van der Waals surface area contributed by atoms with Gasteiger partial charge in [0.25, 0.3) is 0 Å². The van der Waals surface area contributed by atoms with Gasteiger partial charge in [0, 0.05) is 26.6 Å². The Bertz CT molecular complexity index is 1550. The molecule has 1 unspecified atom stereocenters. The number of benzene rings is 2. The van der Waals surface area contributed by atoms with E-state index in [1.54, 1.807) is 58.2 Å². The van der Waals surface area contributed by atoms with E-state index in [9.17, 15) is 19.6 Å². The summed E-state index contributed by atoms with van der Waals surface area (Å²) in [5.74, 6) is -1.54. The summed E-state index contributed by atoms with van der Waals surface area (Å²) in [6, 6.07) is 12.2. The summed E-state index contributed by atoms with van der Waals surface area (Å²) in [6.45, 7) is 5.85. The van der Waals surface area contributed by atoms with Crippen molar-refractivity contribution in [1.29, 1.82) is 5.26 Å². The highest BCUT2D eigenvalue weighted by atomic mass is 32.2. The average molecular weight is 539 g/mol. The van der Waals surface area contributed by atoms with Crippen LogP contribution in [0, 0.1) is 23.1 Å². The number of carbonyl (C=O) groups is 2. The summed E-state index contributed by atoms with van der Waals surface area (Å²) < 4.78 is 26.0. The largest absolute Gasteiger partial charge is 0.444 e. The Morgan fingerprint density at radius 2 is 1.92 bits per heavy atom. The third kappa shape index (κ3) is 4.88. The lowest BCUT2D eigenvalue weighted by Crippen LogP contribution is -2.57. The van der Waals surface area contributed by atoms with Crippen molar-refractivity contribution < 1.29 is 23.1 Å². The van der Waals surface area contributed by atoms with Crippen molar-refractivity contribution in [1.82, 2.24) is 14.8 Å². The predicted molar refractivity (Wildman–Crippen MR) is 140 cm³/mol. The number of ether oxygens (including phenoxy) is 1. The molecule has 9 nitrogen and oxygen atoms in total. The number of nitrogens with zero attached hydrogens (tertiary/aromatic N) is 3. The zero-order valence-corrected chi connectivity index (χ0v) is 22.2. The molecule has 2 saturated heterocycles. The van der Waals surface area contributed by atoms with Gasteiger partial charge in [0.1, 0.15) is 21.5 Å². The number of amides is 2. The van der Waals surface area contributed by atoms with Gasteiger partial charge in [0.2, 0.25) is 5.91 Å². The van der Waals surface area contributed by atoms with Crippen molar-refractivity contribution in [2.24, 2.45) is 13.0 Å². The Balaban J connectivity index is 1.21. The van der Waals surface area contributed by atoms with E-state index in [0.29, 0.717) is 22.2 Å². The number of halogens is 1. The smallest absolute Gasteiger partial charge is 0.419 e. The molecule has 2 aliphatic rings. The molecule has 2 aromatic carbocycles. The van der Waals surface area contributed by atoms with Crippen LogP contribution in [0.3, 0.4) is 0 Å². The number of oxazole rings is 1. The first-order chi connectivity index (χ1) is 17.9. The summed E-state index contributed by atoms with van der Waals surface area (Å²) in [5.41, 5.74) is 2.17. The SMILES string of the molecule is Cn1c(=O)oc2ccc(-c3ccc(C[C@@]4(C#N)SC4NC(=O)C4CN(C(=O)OC(C)(C)C)C4)c(F)c3)cc21. The summed E-state index contributed by atoms with van der Waals surface area (Å²) >= 11 is 1.28. The molecule has 2 atom stereocenters. The molecule has 3 heterocycles. The molecule has 5 rings (SSSR count). The zero-order valence-electron chi connectivity index (χ0n) is 21.4. The van der Waals surface area contributed by atoms with Crippen LogP contribution in [0.15, 0.2) is 45.6 Å². The third-order valence-electron chi connectivity index (χ3n) is 6.69. The van der Waals surface area contributed by atoms with Crippen molar-refractivity contribution in [2.75, 3.05) is 13.1 Å². The van der Waals surface area contributed by atoms with Crippen LogP contribution < -0.4 is 11.1 Å². The van der Waals surface area contributed by atoms with Gasteiger partial charge in [-0.1, -0.05) is 18.2 Å². The highest BCUT2D eigenvalue weighted by Gasteiger charge is 2.58. The van der Waals surface area contributed by atoms with E-state index in [-0.39, 0.29) is 31.3 Å². The Hall–Kier alpha value is -3.78. The van der Waals surface area contributed by atoms with E-state index in [4.69, 9.17) is 9.15 Å². The molecule has 11 heteroatoms. The summed E-state index contributed by atoms with van der Waals surface area (Å²) in [5, 5.41) is 12.2. The van der Waals surface area contributed by atoms with E-state index in [1.165, 1.54) is 27.3 Å². The highest BCUT2D eigenvalue weighted by molar-refractivity contribution is 8.09. The van der Waals surface area contributed by atoms with Gasteiger partial charge in [-0.15, -0.1) is 11.8 Å². The Kier molecular flexibility index (Phi) is 6.26. The number of thioether (sulfide) groups is 1. The van der Waals surface area contributed by atoms with Crippen molar-refractivity contribution in [3.8, 4) is 17.2 Å². The van der Waals surface area contributed by atoms with Crippen molar-refractivity contribution in [3.63, 3.8) is 0 Å². The summed E-state index contributed by atoms with van der Waals surface area (Å²) in [4.78, 5) is 38.0. The van der Waals surface area contributed by atoms with Crippen molar-refractivity contribution in [3.05, 3.63) is 58.3 Å². The van der Waals surface area contributed by atoms with Crippen LogP contribution in [-0.2, 0) is 23.0 Å². The molecule has 198 valence electrons. The number of fused-ring (bicyclic) bond motifs is 1. The fourth-order valence-corrected chi connectivity index (χ4v) is 5.42. The molecule has 2 aliphatic heterocycles. The molecule has 1 aromatic heterocycles. The van der Waals surface area contributed by atoms with E-state index in [2.05, 4.69) is 11.4 Å². The van der Waals surface area contributed by atoms with Gasteiger partial charge in [0.05, 0.1) is 17.5 Å². The van der Waals surface area contributed by atoms with Gasteiger partial charge < -0.3 is 19.4 Å². The zero-order chi connectivity index (χ0) is 27.4. The number of nitriles is 1. The number of carbonyl (C=O) groups excluding carboxylic acids is 2. The maximum absolute atomic E-state index is 15.1. The van der Waals surface area contributed by atoms with Crippen LogP contribution in [0.1, 0.15) is 26.3 Å². The highest BCUT2D eigenvalue weighted by Crippen LogP contribution is 2.54. The molecular formula is C27H27FN4O5S. The topological polar surface area (TPSA) is 118 Å². The van der Waals surface area contributed by atoms with Crippen molar-refractivity contribution in [2.45, 2.75) is 42.9 Å². The maximum atomic E-state index is 15.1. The number of hydrogen-bond acceptors (Lipinski definition) is 7. The molecule has 1 N–H and O–H groups in total. The number of aryl methyl sites for hydroxylation is 1. The maximum Gasteiger partial charge on any atom is 0.419 e. The van der Waals surface area contributed by atoms with Gasteiger partial charge in [0.15, 0.2) is 5.58 Å². The molecule has 2 amide bonds. The number of likely N-dealkylation sites (tertiary alicyclic amines) is 1. The fourth-order valence-electron chi connectivity index (χ4n) is 4.41.